The maximum Gasteiger partial charge on any atom is 0.266 e. The van der Waals surface area contributed by atoms with Crippen LogP contribution in [-0.4, -0.2) is 44.8 Å². The molecule has 3 heterocycles. The van der Waals surface area contributed by atoms with Gasteiger partial charge in [0.05, 0.1) is 5.25 Å². The molecule has 29 heavy (non-hydrogen) atoms. The number of thioether (sulfide) groups is 1. The lowest BCUT2D eigenvalue weighted by atomic mass is 9.80. The minimum Gasteiger partial charge on any atom is -0.369 e. The number of aromatic nitrogens is 2. The minimum absolute atomic E-state index is 0.166. The highest BCUT2D eigenvalue weighted by Gasteiger charge is 2.52. The fraction of sp³-hybridized carbons (Fsp3) is 0.286. The topological polar surface area (TPSA) is 102 Å². The molecule has 148 valence electrons. The number of guanidine groups is 1. The van der Waals surface area contributed by atoms with Crippen LogP contribution in [0, 0.1) is 0 Å². The summed E-state index contributed by atoms with van der Waals surface area (Å²) in [4.78, 5) is 39.8. The molecule has 2 unspecified atom stereocenters. The van der Waals surface area contributed by atoms with Crippen molar-refractivity contribution in [1.82, 2.24) is 14.9 Å². The lowest BCUT2D eigenvalue weighted by Gasteiger charge is -2.27. The Morgan fingerprint density at radius 2 is 2.07 bits per heavy atom. The van der Waals surface area contributed by atoms with Crippen LogP contribution in [0.1, 0.15) is 25.3 Å². The van der Waals surface area contributed by atoms with Gasteiger partial charge in [-0.15, -0.1) is 11.8 Å². The molecule has 1 amide bonds. The van der Waals surface area contributed by atoms with Gasteiger partial charge in [0.2, 0.25) is 0 Å². The van der Waals surface area contributed by atoms with Gasteiger partial charge >= 0.3 is 0 Å². The van der Waals surface area contributed by atoms with Gasteiger partial charge in [0.25, 0.3) is 5.91 Å². The molecular weight excluding hydrogens is 386 g/mol. The monoisotopic (exact) mass is 407 g/mol. The van der Waals surface area contributed by atoms with Crippen LogP contribution in [0.4, 0.5) is 0 Å². The van der Waals surface area contributed by atoms with Crippen LogP contribution < -0.4 is 5.73 Å². The number of nitrogens with two attached hydrogens (primary N) is 1. The van der Waals surface area contributed by atoms with E-state index in [-0.39, 0.29) is 22.9 Å². The van der Waals surface area contributed by atoms with Gasteiger partial charge in [-0.05, 0) is 34.6 Å². The Morgan fingerprint density at radius 3 is 2.72 bits per heavy atom. The highest BCUT2D eigenvalue weighted by molar-refractivity contribution is 8.03. The molecule has 2 aliphatic heterocycles. The first-order valence-electron chi connectivity index (χ1n) is 9.34. The van der Waals surface area contributed by atoms with E-state index < -0.39 is 5.54 Å². The standard InChI is InChI=1S/C21H21N5O2S/c1-3-17(27)18-8-16(11-29-18)21(19(28)26(2)20(22)25-21)15-6-4-5-13(7-15)14-9-23-12-24-10-14/h4-7,9-12,18H,3,8H2,1-2H3,(H2,22,25). The lowest BCUT2D eigenvalue weighted by molar-refractivity contribution is -0.129. The maximum atomic E-state index is 13.4. The molecule has 0 spiro atoms. The number of likely N-dealkylation sites (N-methyl/N-ethyl adjacent to an activating group) is 1. The Balaban J connectivity index is 1.82. The summed E-state index contributed by atoms with van der Waals surface area (Å²) in [6, 6.07) is 7.62. The van der Waals surface area contributed by atoms with Crippen LogP contribution in [-0.2, 0) is 15.1 Å². The molecule has 0 aliphatic carbocycles. The number of rotatable bonds is 5. The quantitative estimate of drug-likeness (QED) is 0.817. The molecule has 0 saturated carbocycles. The molecule has 2 aliphatic rings. The van der Waals surface area contributed by atoms with Gasteiger partial charge in [0.1, 0.15) is 12.1 Å². The van der Waals surface area contributed by atoms with Crippen LogP contribution in [0.15, 0.2) is 59.0 Å². The predicted molar refractivity (Wildman–Crippen MR) is 113 cm³/mol. The van der Waals surface area contributed by atoms with E-state index in [0.29, 0.717) is 18.4 Å². The lowest BCUT2D eigenvalue weighted by Crippen LogP contribution is -2.41. The van der Waals surface area contributed by atoms with Gasteiger partial charge in [0, 0.05) is 31.4 Å². The predicted octanol–water partition coefficient (Wildman–Crippen LogP) is 2.49. The number of carbonyl (C=O) groups is 2. The van der Waals surface area contributed by atoms with Crippen molar-refractivity contribution in [3.8, 4) is 11.1 Å². The number of benzene rings is 1. The van der Waals surface area contributed by atoms with E-state index in [0.717, 1.165) is 16.7 Å². The van der Waals surface area contributed by atoms with Crippen LogP contribution in [0.2, 0.25) is 0 Å². The van der Waals surface area contributed by atoms with E-state index in [1.54, 1.807) is 19.4 Å². The van der Waals surface area contributed by atoms with Gasteiger partial charge in [-0.1, -0.05) is 25.1 Å². The second kappa shape index (κ2) is 7.44. The zero-order valence-corrected chi connectivity index (χ0v) is 17.0. The smallest absolute Gasteiger partial charge is 0.266 e. The normalized spacial score (nSPS) is 23.9. The van der Waals surface area contributed by atoms with E-state index >= 15 is 0 Å². The van der Waals surface area contributed by atoms with Crippen molar-refractivity contribution in [2.45, 2.75) is 30.6 Å². The third-order valence-corrected chi connectivity index (χ3v) is 6.55. The summed E-state index contributed by atoms with van der Waals surface area (Å²) >= 11 is 1.46. The molecule has 2 aromatic rings. The molecule has 0 radical (unpaired) electrons. The number of Topliss-reactive ketones (excluding diaryl/α,β-unsaturated/α-hetero) is 1. The molecule has 0 saturated heterocycles. The first-order valence-corrected chi connectivity index (χ1v) is 10.3. The average molecular weight is 407 g/mol. The van der Waals surface area contributed by atoms with Gasteiger partial charge in [-0.3, -0.25) is 14.5 Å². The first-order chi connectivity index (χ1) is 14.0. The number of amides is 1. The SMILES string of the molecule is CCC(=O)C1CC(C2(c3cccc(-c4cncnc4)c3)N=C(N)N(C)C2=O)=CS1. The van der Waals surface area contributed by atoms with Crippen LogP contribution in [0.5, 0.6) is 0 Å². The summed E-state index contributed by atoms with van der Waals surface area (Å²) in [6.07, 6.45) is 5.86. The number of carbonyl (C=O) groups excluding carboxylic acids is 2. The Morgan fingerprint density at radius 1 is 1.31 bits per heavy atom. The van der Waals surface area contributed by atoms with Crippen molar-refractivity contribution in [3.05, 3.63) is 59.5 Å². The van der Waals surface area contributed by atoms with E-state index in [1.807, 2.05) is 36.6 Å². The van der Waals surface area contributed by atoms with Crippen molar-refractivity contribution in [3.63, 3.8) is 0 Å². The molecule has 8 heteroatoms. The third kappa shape index (κ3) is 3.13. The van der Waals surface area contributed by atoms with Crippen molar-refractivity contribution in [2.24, 2.45) is 10.7 Å². The number of ketones is 1. The molecule has 2 N–H and O–H groups in total. The van der Waals surface area contributed by atoms with Gasteiger partial charge < -0.3 is 5.73 Å². The Labute approximate surface area is 173 Å². The zero-order valence-electron chi connectivity index (χ0n) is 16.2. The average Bonchev–Trinajstić information content (AvgIpc) is 3.34. The van der Waals surface area contributed by atoms with E-state index in [1.165, 1.54) is 23.0 Å². The summed E-state index contributed by atoms with van der Waals surface area (Å²) in [7, 11) is 1.62. The van der Waals surface area contributed by atoms with Crippen molar-refractivity contribution in [1.29, 1.82) is 0 Å². The van der Waals surface area contributed by atoms with Crippen LogP contribution in [0.25, 0.3) is 11.1 Å². The molecule has 1 aromatic heterocycles. The molecule has 7 nitrogen and oxygen atoms in total. The highest BCUT2D eigenvalue weighted by atomic mass is 32.2. The summed E-state index contributed by atoms with van der Waals surface area (Å²) < 4.78 is 0. The van der Waals surface area contributed by atoms with Crippen LogP contribution >= 0.6 is 11.8 Å². The second-order valence-corrected chi connectivity index (χ2v) is 8.12. The fourth-order valence-electron chi connectivity index (χ4n) is 3.71. The highest BCUT2D eigenvalue weighted by Crippen LogP contribution is 2.47. The van der Waals surface area contributed by atoms with Crippen molar-refractivity contribution in [2.75, 3.05) is 7.05 Å². The van der Waals surface area contributed by atoms with Gasteiger partial charge in [0.15, 0.2) is 11.5 Å². The third-order valence-electron chi connectivity index (χ3n) is 5.37. The number of aliphatic imine (C=N–C) groups is 1. The Hall–Kier alpha value is -3.00. The molecule has 1 aromatic carbocycles. The minimum atomic E-state index is -1.25. The largest absolute Gasteiger partial charge is 0.369 e. The maximum absolute atomic E-state index is 13.4. The summed E-state index contributed by atoms with van der Waals surface area (Å²) in [5, 5.41) is 1.72. The van der Waals surface area contributed by atoms with Gasteiger partial charge in [-0.25, -0.2) is 15.0 Å². The summed E-state index contributed by atoms with van der Waals surface area (Å²) in [5.41, 5.74) is 8.04. The number of hydrogen-bond donors (Lipinski definition) is 1. The number of hydrogen-bond acceptors (Lipinski definition) is 7. The van der Waals surface area contributed by atoms with E-state index in [4.69, 9.17) is 5.73 Å². The van der Waals surface area contributed by atoms with E-state index in [2.05, 4.69) is 15.0 Å². The van der Waals surface area contributed by atoms with Crippen molar-refractivity contribution >= 4 is 29.4 Å². The fourth-order valence-corrected chi connectivity index (χ4v) is 4.90. The molecule has 0 bridgehead atoms. The molecular formula is C21H21N5O2S. The molecule has 0 fully saturated rings. The number of nitrogens with zero attached hydrogens (tertiary/aromatic N) is 4. The Kier molecular flexibility index (Phi) is 4.96. The van der Waals surface area contributed by atoms with Crippen molar-refractivity contribution < 1.29 is 9.59 Å². The summed E-state index contributed by atoms with van der Waals surface area (Å²) in [6.45, 7) is 1.85. The summed E-state index contributed by atoms with van der Waals surface area (Å²) in [5.74, 6) is 0.120. The first kappa shape index (κ1) is 19.3. The zero-order chi connectivity index (χ0) is 20.6. The Bertz CT molecular complexity index is 1040. The molecule has 2 atom stereocenters. The van der Waals surface area contributed by atoms with Crippen LogP contribution in [0.3, 0.4) is 0 Å². The van der Waals surface area contributed by atoms with Gasteiger partial charge in [-0.2, -0.15) is 0 Å². The molecule has 4 rings (SSSR count). The van der Waals surface area contributed by atoms with E-state index in [9.17, 15) is 9.59 Å². The second-order valence-electron chi connectivity index (χ2n) is 7.04.